The van der Waals surface area contributed by atoms with Gasteiger partial charge >= 0.3 is 0 Å². The van der Waals surface area contributed by atoms with E-state index in [-0.39, 0.29) is 0 Å². The molecule has 0 amide bonds. The molecular formula is C9H5BrClN. The number of benzene rings is 1. The molecule has 0 aliphatic rings. The topological polar surface area (TPSA) is 12.9 Å². The van der Waals surface area contributed by atoms with Gasteiger partial charge in [0.25, 0.3) is 0 Å². The minimum Gasteiger partial charge on any atom is -0.263 e. The molecule has 1 heterocycles. The number of hydrogen-bond donors (Lipinski definition) is 0. The van der Waals surface area contributed by atoms with Gasteiger partial charge in [0.05, 0.1) is 5.02 Å². The fourth-order valence-electron chi connectivity index (χ4n) is 1.11. The van der Waals surface area contributed by atoms with Gasteiger partial charge in [-0.2, -0.15) is 0 Å². The zero-order chi connectivity index (χ0) is 8.55. The molecule has 0 saturated carbocycles. The number of fused-ring (bicyclic) bond motifs is 1. The highest BCUT2D eigenvalue weighted by Gasteiger charge is 1.98. The van der Waals surface area contributed by atoms with Crippen LogP contribution in [0.4, 0.5) is 0 Å². The molecule has 0 radical (unpaired) electrons. The van der Waals surface area contributed by atoms with Gasteiger partial charge in [-0.15, -0.1) is 0 Å². The van der Waals surface area contributed by atoms with Crippen molar-refractivity contribution in [2.75, 3.05) is 0 Å². The number of halogens is 2. The van der Waals surface area contributed by atoms with Crippen molar-refractivity contribution in [1.29, 1.82) is 0 Å². The predicted octanol–water partition coefficient (Wildman–Crippen LogP) is 3.65. The van der Waals surface area contributed by atoms with E-state index >= 15 is 0 Å². The molecule has 3 heteroatoms. The molecule has 1 aromatic carbocycles. The van der Waals surface area contributed by atoms with Crippen molar-refractivity contribution in [2.45, 2.75) is 0 Å². The molecule has 60 valence electrons. The first kappa shape index (κ1) is 8.02. The zero-order valence-electron chi connectivity index (χ0n) is 6.09. The van der Waals surface area contributed by atoms with Gasteiger partial charge in [0.15, 0.2) is 0 Å². The molecule has 0 aliphatic carbocycles. The summed E-state index contributed by atoms with van der Waals surface area (Å²) in [5.74, 6) is 0. The summed E-state index contributed by atoms with van der Waals surface area (Å²) < 4.78 is 1.04. The quantitative estimate of drug-likeness (QED) is 0.687. The van der Waals surface area contributed by atoms with E-state index < -0.39 is 0 Å². The van der Waals surface area contributed by atoms with E-state index in [0.717, 1.165) is 15.2 Å². The molecule has 0 unspecified atom stereocenters. The molecule has 12 heavy (non-hydrogen) atoms. The average Bonchev–Trinajstić information content (AvgIpc) is 2.04. The van der Waals surface area contributed by atoms with Crippen molar-refractivity contribution in [3.05, 3.63) is 40.1 Å². The van der Waals surface area contributed by atoms with E-state index in [1.165, 1.54) is 0 Å². The predicted molar refractivity (Wildman–Crippen MR) is 54.5 cm³/mol. The Morgan fingerprint density at radius 2 is 2.08 bits per heavy atom. The highest BCUT2D eigenvalue weighted by molar-refractivity contribution is 9.10. The normalized spacial score (nSPS) is 10.5. The first-order chi connectivity index (χ1) is 5.77. The Labute approximate surface area is 83.5 Å². The van der Waals surface area contributed by atoms with Crippen LogP contribution in [0.25, 0.3) is 10.8 Å². The fourth-order valence-corrected chi connectivity index (χ4v) is 1.72. The lowest BCUT2D eigenvalue weighted by atomic mass is 10.2. The van der Waals surface area contributed by atoms with Crippen LogP contribution in [0.15, 0.2) is 35.1 Å². The lowest BCUT2D eigenvalue weighted by molar-refractivity contribution is 1.36. The summed E-state index contributed by atoms with van der Waals surface area (Å²) in [6.45, 7) is 0. The van der Waals surface area contributed by atoms with E-state index in [1.54, 1.807) is 12.4 Å². The number of pyridine rings is 1. The molecule has 0 aliphatic heterocycles. The number of hydrogen-bond acceptors (Lipinski definition) is 1. The van der Waals surface area contributed by atoms with Crippen LogP contribution >= 0.6 is 27.5 Å². The Bertz CT molecular complexity index is 428. The van der Waals surface area contributed by atoms with E-state index in [1.807, 2.05) is 18.2 Å². The molecule has 0 fully saturated rings. The minimum atomic E-state index is 0.694. The van der Waals surface area contributed by atoms with Crippen LogP contribution in [0.1, 0.15) is 0 Å². The summed E-state index contributed by atoms with van der Waals surface area (Å²) >= 11 is 9.32. The Balaban J connectivity index is 2.86. The second-order valence-corrected chi connectivity index (χ2v) is 3.81. The van der Waals surface area contributed by atoms with Crippen molar-refractivity contribution in [3.63, 3.8) is 0 Å². The van der Waals surface area contributed by atoms with Gasteiger partial charge in [0, 0.05) is 27.6 Å². The van der Waals surface area contributed by atoms with Crippen molar-refractivity contribution in [2.24, 2.45) is 0 Å². The maximum absolute atomic E-state index is 5.93. The third-order valence-electron chi connectivity index (χ3n) is 1.67. The van der Waals surface area contributed by atoms with Gasteiger partial charge in [0.1, 0.15) is 0 Å². The van der Waals surface area contributed by atoms with Crippen LogP contribution in [0.2, 0.25) is 5.02 Å². The SMILES string of the molecule is Clc1cncc2cc(Br)ccc12. The monoisotopic (exact) mass is 241 g/mol. The number of nitrogens with zero attached hydrogens (tertiary/aromatic N) is 1. The first-order valence-electron chi connectivity index (χ1n) is 3.46. The van der Waals surface area contributed by atoms with Gasteiger partial charge in [-0.3, -0.25) is 4.98 Å². The van der Waals surface area contributed by atoms with Crippen molar-refractivity contribution < 1.29 is 0 Å². The highest BCUT2D eigenvalue weighted by atomic mass is 79.9. The average molecular weight is 243 g/mol. The van der Waals surface area contributed by atoms with E-state index in [0.29, 0.717) is 5.02 Å². The van der Waals surface area contributed by atoms with Crippen LogP contribution < -0.4 is 0 Å². The summed E-state index contributed by atoms with van der Waals surface area (Å²) in [5, 5.41) is 2.78. The van der Waals surface area contributed by atoms with E-state index in [2.05, 4.69) is 20.9 Å². The van der Waals surface area contributed by atoms with Gasteiger partial charge in [0.2, 0.25) is 0 Å². The Kier molecular flexibility index (Phi) is 2.03. The largest absolute Gasteiger partial charge is 0.263 e. The van der Waals surface area contributed by atoms with Crippen LogP contribution in [0, 0.1) is 0 Å². The third-order valence-corrected chi connectivity index (χ3v) is 2.47. The second-order valence-electron chi connectivity index (χ2n) is 2.49. The minimum absolute atomic E-state index is 0.694. The van der Waals surface area contributed by atoms with Crippen LogP contribution in [0.5, 0.6) is 0 Å². The van der Waals surface area contributed by atoms with Crippen LogP contribution in [-0.2, 0) is 0 Å². The maximum Gasteiger partial charge on any atom is 0.0667 e. The molecule has 1 nitrogen and oxygen atoms in total. The molecule has 2 rings (SSSR count). The summed E-state index contributed by atoms with van der Waals surface area (Å²) in [6.07, 6.45) is 3.45. The smallest absolute Gasteiger partial charge is 0.0667 e. The van der Waals surface area contributed by atoms with E-state index in [4.69, 9.17) is 11.6 Å². The van der Waals surface area contributed by atoms with Gasteiger partial charge in [-0.05, 0) is 12.1 Å². The standard InChI is InChI=1S/C9H5BrClN/c10-7-1-2-8-6(3-7)4-12-5-9(8)11/h1-5H. The molecule has 2 aromatic rings. The fraction of sp³-hybridized carbons (Fsp3) is 0. The molecule has 0 spiro atoms. The summed E-state index contributed by atoms with van der Waals surface area (Å²) in [4.78, 5) is 4.00. The van der Waals surface area contributed by atoms with E-state index in [9.17, 15) is 0 Å². The molecular weight excluding hydrogens is 237 g/mol. The van der Waals surface area contributed by atoms with Gasteiger partial charge in [-0.1, -0.05) is 33.6 Å². The number of rotatable bonds is 0. The first-order valence-corrected chi connectivity index (χ1v) is 4.63. The van der Waals surface area contributed by atoms with Crippen molar-refractivity contribution >= 4 is 38.3 Å². The van der Waals surface area contributed by atoms with Crippen LogP contribution in [-0.4, -0.2) is 4.98 Å². The molecule has 0 atom stereocenters. The molecule has 0 N–H and O–H groups in total. The Morgan fingerprint density at radius 1 is 1.25 bits per heavy atom. The van der Waals surface area contributed by atoms with Crippen molar-refractivity contribution in [1.82, 2.24) is 4.98 Å². The van der Waals surface area contributed by atoms with Crippen molar-refractivity contribution in [3.8, 4) is 0 Å². The summed E-state index contributed by atoms with van der Waals surface area (Å²) in [7, 11) is 0. The lowest BCUT2D eigenvalue weighted by Crippen LogP contribution is -1.76. The zero-order valence-corrected chi connectivity index (χ0v) is 8.43. The maximum atomic E-state index is 5.93. The Hall–Kier alpha value is -0.600. The highest BCUT2D eigenvalue weighted by Crippen LogP contribution is 2.24. The van der Waals surface area contributed by atoms with Crippen LogP contribution in [0.3, 0.4) is 0 Å². The molecule has 1 aromatic heterocycles. The summed E-state index contributed by atoms with van der Waals surface area (Å²) in [5.41, 5.74) is 0. The lowest BCUT2D eigenvalue weighted by Gasteiger charge is -1.98. The second kappa shape index (κ2) is 3.04. The third kappa shape index (κ3) is 1.32. The van der Waals surface area contributed by atoms with Gasteiger partial charge < -0.3 is 0 Å². The molecule has 0 saturated heterocycles. The summed E-state index contributed by atoms with van der Waals surface area (Å²) in [6, 6.07) is 5.94. The molecule has 0 bridgehead atoms. The number of aromatic nitrogens is 1. The Morgan fingerprint density at radius 3 is 2.92 bits per heavy atom. The van der Waals surface area contributed by atoms with Gasteiger partial charge in [-0.25, -0.2) is 0 Å².